The van der Waals surface area contributed by atoms with Crippen LogP contribution in [-0.4, -0.2) is 65.4 Å². The number of hydrogen-bond donors (Lipinski definition) is 0. The van der Waals surface area contributed by atoms with Crippen LogP contribution < -0.4 is 0 Å². The first kappa shape index (κ1) is 22.3. The molecule has 1 heterocycles. The lowest BCUT2D eigenvalue weighted by Crippen LogP contribution is -2.45. The summed E-state index contributed by atoms with van der Waals surface area (Å²) in [5.41, 5.74) is 0. The van der Waals surface area contributed by atoms with E-state index in [2.05, 4.69) is 26.6 Å². The lowest BCUT2D eigenvalue weighted by Gasteiger charge is -2.34. The van der Waals surface area contributed by atoms with Crippen molar-refractivity contribution in [2.75, 3.05) is 34.2 Å². The minimum atomic E-state index is -1.06. The third kappa shape index (κ3) is 8.00. The van der Waals surface area contributed by atoms with Crippen molar-refractivity contribution in [1.29, 1.82) is 0 Å². The van der Waals surface area contributed by atoms with Gasteiger partial charge >= 0.3 is 0 Å². The van der Waals surface area contributed by atoms with E-state index >= 15 is 0 Å². The molecule has 0 aliphatic carbocycles. The van der Waals surface area contributed by atoms with Crippen molar-refractivity contribution in [3.63, 3.8) is 0 Å². The smallest absolute Gasteiger partial charge is 0.275 e. The Bertz CT molecular complexity index is 438. The highest BCUT2D eigenvalue weighted by Gasteiger charge is 2.34. The second kappa shape index (κ2) is 10.4. The molecule has 0 aromatic rings. The van der Waals surface area contributed by atoms with Gasteiger partial charge in [0.15, 0.2) is 0 Å². The van der Waals surface area contributed by atoms with Crippen LogP contribution in [0.2, 0.25) is 25.7 Å². The average Bonchev–Trinajstić information content (AvgIpc) is 2.55. The Labute approximate surface area is 153 Å². The fraction of sp³-hybridized carbons (Fsp3) is 0.833. The van der Waals surface area contributed by atoms with Gasteiger partial charge in [0, 0.05) is 33.6 Å². The maximum atomic E-state index is 12.3. The summed E-state index contributed by atoms with van der Waals surface area (Å²) in [5.74, 6) is -0.0287. The number of rotatable bonds is 10. The number of carbonyl (C=O) groups is 1. The van der Waals surface area contributed by atoms with Gasteiger partial charge in [0.05, 0.1) is 19.8 Å². The molecule has 25 heavy (non-hydrogen) atoms. The maximum Gasteiger partial charge on any atom is 0.275 e. The molecule has 4 atom stereocenters. The summed E-state index contributed by atoms with van der Waals surface area (Å²) in [6.45, 7) is 12.6. The standard InChI is InChI=1S/C18H35NO5Si/c1-14-8-9-16(24-17(14)18(20)19(3)21-4)15(2)12-23-13-22-10-11-25(5,6)7/h8-9,14-17H,10-13H2,1-7H3/t14-,15-,16+,17+/m0/s1. The van der Waals surface area contributed by atoms with Gasteiger partial charge in [-0.3, -0.25) is 9.63 Å². The highest BCUT2D eigenvalue weighted by molar-refractivity contribution is 6.76. The second-order valence-corrected chi connectivity index (χ2v) is 13.6. The molecular formula is C18H35NO5Si. The first-order chi connectivity index (χ1) is 11.7. The topological polar surface area (TPSA) is 57.2 Å². The van der Waals surface area contributed by atoms with Crippen LogP contribution >= 0.6 is 0 Å². The molecule has 0 fully saturated rings. The predicted molar refractivity (Wildman–Crippen MR) is 101 cm³/mol. The fourth-order valence-corrected chi connectivity index (χ4v) is 3.18. The molecular weight excluding hydrogens is 338 g/mol. The predicted octanol–water partition coefficient (Wildman–Crippen LogP) is 2.93. The number of nitrogens with zero attached hydrogens (tertiary/aromatic N) is 1. The second-order valence-electron chi connectivity index (χ2n) is 7.97. The molecule has 1 aliphatic heterocycles. The molecule has 0 saturated carbocycles. The summed E-state index contributed by atoms with van der Waals surface area (Å²) < 4.78 is 17.2. The minimum Gasteiger partial charge on any atom is -0.360 e. The number of amides is 1. The van der Waals surface area contributed by atoms with E-state index in [9.17, 15) is 4.79 Å². The number of likely N-dealkylation sites (N-methyl/N-ethyl adjacent to an activating group) is 1. The lowest BCUT2D eigenvalue weighted by atomic mass is 9.95. The SMILES string of the molecule is CON(C)C(=O)[C@@H]1O[C@@H]([C@@H](C)COCOCC[Si](C)(C)C)C=C[C@@H]1C. The maximum absolute atomic E-state index is 12.3. The van der Waals surface area contributed by atoms with Gasteiger partial charge in [-0.25, -0.2) is 5.06 Å². The van der Waals surface area contributed by atoms with E-state index in [4.69, 9.17) is 19.0 Å². The van der Waals surface area contributed by atoms with E-state index in [1.54, 1.807) is 7.05 Å². The Balaban J connectivity index is 2.37. The quantitative estimate of drug-likeness (QED) is 0.194. The zero-order valence-electron chi connectivity index (χ0n) is 16.8. The molecule has 0 aromatic heterocycles. The summed E-state index contributed by atoms with van der Waals surface area (Å²) in [6, 6.07) is 1.13. The van der Waals surface area contributed by atoms with Crippen molar-refractivity contribution in [2.45, 2.75) is 51.7 Å². The van der Waals surface area contributed by atoms with Crippen molar-refractivity contribution in [3.8, 4) is 0 Å². The van der Waals surface area contributed by atoms with Crippen LogP contribution in [-0.2, 0) is 23.8 Å². The van der Waals surface area contributed by atoms with Crippen molar-refractivity contribution < 1.29 is 23.8 Å². The molecule has 1 aliphatic rings. The summed E-state index contributed by atoms with van der Waals surface area (Å²) >= 11 is 0. The van der Waals surface area contributed by atoms with E-state index < -0.39 is 14.2 Å². The normalized spacial score (nSPS) is 25.0. The van der Waals surface area contributed by atoms with Gasteiger partial charge in [-0.1, -0.05) is 45.6 Å². The molecule has 1 rings (SSSR count). The Kier molecular flexibility index (Phi) is 9.30. The van der Waals surface area contributed by atoms with Crippen LogP contribution in [0.3, 0.4) is 0 Å². The van der Waals surface area contributed by atoms with Gasteiger partial charge in [0.1, 0.15) is 12.9 Å². The zero-order valence-corrected chi connectivity index (χ0v) is 17.8. The monoisotopic (exact) mass is 373 g/mol. The minimum absolute atomic E-state index is 0.0133. The fourth-order valence-electron chi connectivity index (χ4n) is 2.43. The highest BCUT2D eigenvalue weighted by atomic mass is 28.3. The van der Waals surface area contributed by atoms with Crippen molar-refractivity contribution in [1.82, 2.24) is 5.06 Å². The lowest BCUT2D eigenvalue weighted by molar-refractivity contribution is -0.188. The first-order valence-electron chi connectivity index (χ1n) is 8.96. The Morgan fingerprint density at radius 1 is 1.28 bits per heavy atom. The van der Waals surface area contributed by atoms with Gasteiger partial charge in [0.2, 0.25) is 0 Å². The highest BCUT2D eigenvalue weighted by Crippen LogP contribution is 2.24. The van der Waals surface area contributed by atoms with E-state index in [0.29, 0.717) is 13.4 Å². The van der Waals surface area contributed by atoms with Crippen LogP contribution in [0.25, 0.3) is 0 Å². The molecule has 6 nitrogen and oxygen atoms in total. The van der Waals surface area contributed by atoms with Crippen molar-refractivity contribution >= 4 is 14.0 Å². The summed E-state index contributed by atoms with van der Waals surface area (Å²) in [7, 11) is 2.00. The molecule has 1 amide bonds. The van der Waals surface area contributed by atoms with Crippen molar-refractivity contribution in [3.05, 3.63) is 12.2 Å². The molecule has 0 aromatic carbocycles. The van der Waals surface area contributed by atoms with Gasteiger partial charge in [0.25, 0.3) is 5.91 Å². The van der Waals surface area contributed by atoms with Gasteiger partial charge < -0.3 is 14.2 Å². The van der Waals surface area contributed by atoms with E-state index in [1.807, 2.05) is 19.1 Å². The third-order valence-electron chi connectivity index (χ3n) is 4.32. The summed E-state index contributed by atoms with van der Waals surface area (Å²) in [4.78, 5) is 17.3. The molecule has 0 bridgehead atoms. The zero-order chi connectivity index (χ0) is 19.0. The Hall–Kier alpha value is -0.733. The molecule has 0 saturated heterocycles. The summed E-state index contributed by atoms with van der Waals surface area (Å²) in [6.07, 6.45) is 3.36. The molecule has 0 unspecified atom stereocenters. The van der Waals surface area contributed by atoms with Crippen LogP contribution in [0.1, 0.15) is 13.8 Å². The van der Waals surface area contributed by atoms with E-state index in [1.165, 1.54) is 12.2 Å². The average molecular weight is 374 g/mol. The Morgan fingerprint density at radius 2 is 1.96 bits per heavy atom. The first-order valence-corrected chi connectivity index (χ1v) is 12.7. The van der Waals surface area contributed by atoms with E-state index in [-0.39, 0.29) is 23.8 Å². The molecule has 7 heteroatoms. The summed E-state index contributed by atoms with van der Waals surface area (Å²) in [5, 5.41) is 1.21. The van der Waals surface area contributed by atoms with E-state index in [0.717, 1.165) is 12.7 Å². The van der Waals surface area contributed by atoms with Crippen LogP contribution in [0.15, 0.2) is 12.2 Å². The molecule has 146 valence electrons. The van der Waals surface area contributed by atoms with Crippen molar-refractivity contribution in [2.24, 2.45) is 11.8 Å². The van der Waals surface area contributed by atoms with Crippen LogP contribution in [0.5, 0.6) is 0 Å². The molecule has 0 N–H and O–H groups in total. The molecule has 0 spiro atoms. The molecule has 0 radical (unpaired) electrons. The largest absolute Gasteiger partial charge is 0.360 e. The van der Waals surface area contributed by atoms with Gasteiger partial charge in [-0.05, 0) is 6.04 Å². The third-order valence-corrected chi connectivity index (χ3v) is 6.02. The number of hydroxylamine groups is 2. The Morgan fingerprint density at radius 3 is 2.56 bits per heavy atom. The van der Waals surface area contributed by atoms with Gasteiger partial charge in [-0.2, -0.15) is 0 Å². The van der Waals surface area contributed by atoms with Crippen LogP contribution in [0, 0.1) is 11.8 Å². The number of carbonyl (C=O) groups excluding carboxylic acids is 1. The van der Waals surface area contributed by atoms with Crippen LogP contribution in [0.4, 0.5) is 0 Å². The van der Waals surface area contributed by atoms with Gasteiger partial charge in [-0.15, -0.1) is 0 Å². The number of hydrogen-bond acceptors (Lipinski definition) is 5. The number of ether oxygens (including phenoxy) is 3.